The summed E-state index contributed by atoms with van der Waals surface area (Å²) in [5, 5.41) is 0.457. The van der Waals surface area contributed by atoms with E-state index in [9.17, 15) is 8.42 Å². The molecule has 5 nitrogen and oxygen atoms in total. The van der Waals surface area contributed by atoms with Crippen molar-refractivity contribution in [3.63, 3.8) is 0 Å². The Morgan fingerprint density at radius 2 is 1.94 bits per heavy atom. The van der Waals surface area contributed by atoms with E-state index in [-0.39, 0.29) is 4.90 Å². The highest BCUT2D eigenvalue weighted by Gasteiger charge is 2.08. The predicted molar refractivity (Wildman–Crippen MR) is 68.9 cm³/mol. The van der Waals surface area contributed by atoms with Crippen LogP contribution in [-0.2, 0) is 16.3 Å². The number of hydrogen-bond donors (Lipinski definition) is 0. The third-order valence-electron chi connectivity index (χ3n) is 2.22. The molecule has 0 spiro atoms. The van der Waals surface area contributed by atoms with Crippen LogP contribution in [0.15, 0.2) is 29.2 Å². The first kappa shape index (κ1) is 13.0. The summed E-state index contributed by atoms with van der Waals surface area (Å²) in [6.07, 6.45) is 1.92. The highest BCUT2D eigenvalue weighted by atomic mass is 32.2. The normalized spacial score (nSPS) is 11.4. The highest BCUT2D eigenvalue weighted by Crippen LogP contribution is 2.24. The van der Waals surface area contributed by atoms with Gasteiger partial charge in [-0.15, -0.1) is 0 Å². The molecule has 96 valence electrons. The first-order valence-corrected chi connectivity index (χ1v) is 7.96. The average Bonchev–Trinajstić information content (AvgIpc) is 2.76. The molecule has 2 rings (SSSR count). The number of hydrogen-bond acceptors (Lipinski definition) is 6. The van der Waals surface area contributed by atoms with Crippen LogP contribution in [0.25, 0.3) is 0 Å². The van der Waals surface area contributed by atoms with Crippen molar-refractivity contribution >= 4 is 21.4 Å². The van der Waals surface area contributed by atoms with Crippen molar-refractivity contribution in [2.24, 2.45) is 0 Å². The van der Waals surface area contributed by atoms with Crippen LogP contribution in [0, 0.1) is 0 Å². The highest BCUT2D eigenvalue weighted by molar-refractivity contribution is 7.90. The molecular formula is C11H12N2O3S2. The molecule has 0 fully saturated rings. The van der Waals surface area contributed by atoms with Crippen LogP contribution in [0.4, 0.5) is 0 Å². The van der Waals surface area contributed by atoms with E-state index in [4.69, 9.17) is 4.74 Å². The zero-order valence-electron chi connectivity index (χ0n) is 9.95. The second-order valence-corrected chi connectivity index (χ2v) is 6.41. The van der Waals surface area contributed by atoms with Crippen LogP contribution in [0.2, 0.25) is 0 Å². The molecule has 1 aromatic carbocycles. The van der Waals surface area contributed by atoms with Crippen LogP contribution in [0.5, 0.6) is 10.9 Å². The number of benzene rings is 1. The fourth-order valence-electron chi connectivity index (χ4n) is 1.28. The van der Waals surface area contributed by atoms with Gasteiger partial charge in [0.25, 0.3) is 5.19 Å². The third-order valence-corrected chi connectivity index (χ3v) is 3.98. The van der Waals surface area contributed by atoms with Crippen LogP contribution >= 0.6 is 11.5 Å². The van der Waals surface area contributed by atoms with E-state index in [0.29, 0.717) is 10.9 Å². The Bertz CT molecular complexity index is 633. The van der Waals surface area contributed by atoms with Crippen molar-refractivity contribution in [1.82, 2.24) is 9.36 Å². The Morgan fingerprint density at radius 3 is 2.44 bits per heavy atom. The van der Waals surface area contributed by atoms with Gasteiger partial charge < -0.3 is 4.74 Å². The Balaban J connectivity index is 2.15. The predicted octanol–water partition coefficient (Wildman–Crippen LogP) is 2.30. The maximum Gasteiger partial charge on any atom is 0.298 e. The summed E-state index contributed by atoms with van der Waals surface area (Å²) in [4.78, 5) is 4.43. The topological polar surface area (TPSA) is 69.2 Å². The molecule has 0 radical (unpaired) electrons. The van der Waals surface area contributed by atoms with Crippen molar-refractivity contribution in [2.75, 3.05) is 6.26 Å². The van der Waals surface area contributed by atoms with E-state index in [1.165, 1.54) is 29.9 Å². The molecule has 1 aromatic heterocycles. The molecule has 0 aliphatic carbocycles. The van der Waals surface area contributed by atoms with Gasteiger partial charge in [-0.3, -0.25) is 0 Å². The number of nitrogens with zero attached hydrogens (tertiary/aromatic N) is 2. The van der Waals surface area contributed by atoms with Gasteiger partial charge in [-0.25, -0.2) is 8.42 Å². The van der Waals surface area contributed by atoms with Crippen LogP contribution in [-0.4, -0.2) is 24.0 Å². The zero-order valence-corrected chi connectivity index (χ0v) is 11.6. The summed E-state index contributed by atoms with van der Waals surface area (Å²) in [6, 6.07) is 6.21. The van der Waals surface area contributed by atoms with Gasteiger partial charge in [-0.05, 0) is 24.3 Å². The van der Waals surface area contributed by atoms with E-state index in [1.54, 1.807) is 12.1 Å². The first-order chi connectivity index (χ1) is 8.49. The maximum absolute atomic E-state index is 11.3. The molecule has 0 bridgehead atoms. The fraction of sp³-hybridized carbons (Fsp3) is 0.273. The second kappa shape index (κ2) is 5.03. The van der Waals surface area contributed by atoms with E-state index < -0.39 is 9.84 Å². The Morgan fingerprint density at radius 1 is 1.28 bits per heavy atom. The SMILES string of the molecule is CCc1nsc(Oc2ccc(S(C)(=O)=O)cc2)n1. The van der Waals surface area contributed by atoms with Crippen molar-refractivity contribution in [3.8, 4) is 10.9 Å². The minimum absolute atomic E-state index is 0.265. The molecular weight excluding hydrogens is 272 g/mol. The quantitative estimate of drug-likeness (QED) is 0.861. The van der Waals surface area contributed by atoms with Gasteiger partial charge in [-0.1, -0.05) is 6.92 Å². The molecule has 0 N–H and O–H groups in total. The Kier molecular flexibility index (Phi) is 3.63. The lowest BCUT2D eigenvalue weighted by Gasteiger charge is -2.02. The maximum atomic E-state index is 11.3. The van der Waals surface area contributed by atoms with Gasteiger partial charge in [0.15, 0.2) is 9.84 Å². The molecule has 0 saturated carbocycles. The number of sulfone groups is 1. The minimum Gasteiger partial charge on any atom is -0.430 e. The summed E-state index contributed by atoms with van der Waals surface area (Å²) >= 11 is 1.18. The molecule has 18 heavy (non-hydrogen) atoms. The lowest BCUT2D eigenvalue weighted by Crippen LogP contribution is -1.96. The number of aromatic nitrogens is 2. The van der Waals surface area contributed by atoms with Crippen LogP contribution in [0.1, 0.15) is 12.7 Å². The van der Waals surface area contributed by atoms with Gasteiger partial charge in [-0.2, -0.15) is 9.36 Å². The zero-order chi connectivity index (χ0) is 13.2. The molecule has 7 heteroatoms. The van der Waals surface area contributed by atoms with Crippen LogP contribution < -0.4 is 4.74 Å². The van der Waals surface area contributed by atoms with Crippen molar-refractivity contribution in [2.45, 2.75) is 18.2 Å². The summed E-state index contributed by atoms with van der Waals surface area (Å²) in [5.41, 5.74) is 0. The number of rotatable bonds is 4. The smallest absolute Gasteiger partial charge is 0.298 e. The van der Waals surface area contributed by atoms with Gasteiger partial charge in [0, 0.05) is 24.2 Å². The standard InChI is InChI=1S/C11H12N2O3S2/c1-3-10-12-11(17-13-10)16-8-4-6-9(7-5-8)18(2,14)15/h4-7H,3H2,1-2H3. The lowest BCUT2D eigenvalue weighted by atomic mass is 10.3. The first-order valence-electron chi connectivity index (χ1n) is 5.29. The second-order valence-electron chi connectivity index (χ2n) is 3.68. The van der Waals surface area contributed by atoms with E-state index in [2.05, 4.69) is 9.36 Å². The summed E-state index contributed by atoms with van der Waals surface area (Å²) in [7, 11) is -3.17. The molecule has 0 aliphatic heterocycles. The third kappa shape index (κ3) is 3.05. The van der Waals surface area contributed by atoms with Gasteiger partial charge in [0.1, 0.15) is 11.6 Å². The molecule has 1 heterocycles. The number of aryl methyl sites for hydroxylation is 1. The minimum atomic E-state index is -3.17. The molecule has 0 aliphatic rings. The monoisotopic (exact) mass is 284 g/mol. The van der Waals surface area contributed by atoms with Crippen molar-refractivity contribution in [1.29, 1.82) is 0 Å². The molecule has 0 amide bonds. The largest absolute Gasteiger partial charge is 0.430 e. The summed E-state index contributed by atoms with van der Waals surface area (Å²) < 4.78 is 32.1. The summed E-state index contributed by atoms with van der Waals surface area (Å²) in [6.45, 7) is 1.97. The fourth-order valence-corrected chi connectivity index (χ4v) is 2.54. The van der Waals surface area contributed by atoms with Gasteiger partial charge in [0.2, 0.25) is 0 Å². The molecule has 0 atom stereocenters. The molecule has 0 unspecified atom stereocenters. The van der Waals surface area contributed by atoms with Crippen molar-refractivity contribution < 1.29 is 13.2 Å². The van der Waals surface area contributed by atoms with E-state index >= 15 is 0 Å². The Hall–Kier alpha value is -1.47. The molecule has 0 saturated heterocycles. The van der Waals surface area contributed by atoms with Gasteiger partial charge in [0.05, 0.1) is 4.90 Å². The molecule has 2 aromatic rings. The van der Waals surface area contributed by atoms with E-state index in [0.717, 1.165) is 12.2 Å². The van der Waals surface area contributed by atoms with Crippen LogP contribution in [0.3, 0.4) is 0 Å². The van der Waals surface area contributed by atoms with Crippen molar-refractivity contribution in [3.05, 3.63) is 30.1 Å². The number of ether oxygens (including phenoxy) is 1. The summed E-state index contributed by atoms with van der Waals surface area (Å²) in [5.74, 6) is 1.28. The Labute approximate surface area is 110 Å². The average molecular weight is 284 g/mol. The van der Waals surface area contributed by atoms with E-state index in [1.807, 2.05) is 6.92 Å². The van der Waals surface area contributed by atoms with Gasteiger partial charge >= 0.3 is 0 Å². The lowest BCUT2D eigenvalue weighted by molar-refractivity contribution is 0.477.